The number of carbonyl (C=O) groups is 2. The van der Waals surface area contributed by atoms with Gasteiger partial charge in [0.15, 0.2) is 0 Å². The smallest absolute Gasteiger partial charge is 0.308 e. The van der Waals surface area contributed by atoms with Gasteiger partial charge in [0.25, 0.3) is 0 Å². The van der Waals surface area contributed by atoms with Crippen molar-refractivity contribution < 1.29 is 24.2 Å². The lowest BCUT2D eigenvalue weighted by molar-refractivity contribution is -0.175. The van der Waals surface area contributed by atoms with Crippen molar-refractivity contribution in [2.45, 2.75) is 25.6 Å². The van der Waals surface area contributed by atoms with Crippen LogP contribution in [-0.2, 0) is 19.1 Å². The molecule has 0 saturated heterocycles. The van der Waals surface area contributed by atoms with Crippen molar-refractivity contribution in [1.29, 1.82) is 0 Å². The molecule has 98 valence electrons. The monoisotopic (exact) mass is 252 g/mol. The standard InChI is InChI=1S/C13H16O5/c1-17-13(10-6-3-2-4-7-10)18-12(16)9-5-8-11(14)15/h2-4,6-7,13H,5,8-9H2,1H3,(H,14,15). The maximum atomic E-state index is 11.5. The molecule has 0 saturated carbocycles. The summed E-state index contributed by atoms with van der Waals surface area (Å²) >= 11 is 0. The summed E-state index contributed by atoms with van der Waals surface area (Å²) in [4.78, 5) is 21.8. The first-order valence-corrected chi connectivity index (χ1v) is 5.62. The lowest BCUT2D eigenvalue weighted by Gasteiger charge is -2.16. The Morgan fingerprint density at radius 1 is 1.22 bits per heavy atom. The molecular formula is C13H16O5. The van der Waals surface area contributed by atoms with Crippen molar-refractivity contribution in [2.24, 2.45) is 0 Å². The molecule has 0 heterocycles. The molecule has 0 aliphatic carbocycles. The summed E-state index contributed by atoms with van der Waals surface area (Å²) in [5.74, 6) is -1.39. The van der Waals surface area contributed by atoms with Gasteiger partial charge in [-0.05, 0) is 6.42 Å². The molecule has 5 nitrogen and oxygen atoms in total. The number of rotatable bonds is 7. The highest BCUT2D eigenvalue weighted by molar-refractivity contribution is 5.71. The second-order valence-electron chi connectivity index (χ2n) is 3.72. The van der Waals surface area contributed by atoms with E-state index in [1.807, 2.05) is 18.2 Å². The molecule has 0 radical (unpaired) electrons. The van der Waals surface area contributed by atoms with Crippen molar-refractivity contribution in [1.82, 2.24) is 0 Å². The van der Waals surface area contributed by atoms with Crippen LogP contribution in [0.25, 0.3) is 0 Å². The van der Waals surface area contributed by atoms with E-state index in [1.165, 1.54) is 7.11 Å². The van der Waals surface area contributed by atoms with E-state index in [0.717, 1.165) is 5.56 Å². The van der Waals surface area contributed by atoms with Crippen LogP contribution in [-0.4, -0.2) is 24.2 Å². The van der Waals surface area contributed by atoms with Gasteiger partial charge in [0, 0.05) is 25.5 Å². The molecule has 1 N–H and O–H groups in total. The predicted molar refractivity (Wildman–Crippen MR) is 63.8 cm³/mol. The Hall–Kier alpha value is -1.88. The normalized spacial score (nSPS) is 11.8. The number of methoxy groups -OCH3 is 1. The number of hydrogen-bond acceptors (Lipinski definition) is 4. The zero-order valence-electron chi connectivity index (χ0n) is 10.2. The minimum Gasteiger partial charge on any atom is -0.481 e. The largest absolute Gasteiger partial charge is 0.481 e. The molecule has 1 atom stereocenters. The van der Waals surface area contributed by atoms with Crippen molar-refractivity contribution in [3.63, 3.8) is 0 Å². The summed E-state index contributed by atoms with van der Waals surface area (Å²) < 4.78 is 10.2. The van der Waals surface area contributed by atoms with Gasteiger partial charge in [0.1, 0.15) is 0 Å². The van der Waals surface area contributed by atoms with Gasteiger partial charge in [0.2, 0.25) is 6.29 Å². The molecule has 5 heteroatoms. The van der Waals surface area contributed by atoms with Gasteiger partial charge in [-0.3, -0.25) is 9.59 Å². The third-order valence-electron chi connectivity index (χ3n) is 2.30. The molecule has 0 aromatic heterocycles. The highest BCUT2D eigenvalue weighted by Crippen LogP contribution is 2.18. The molecule has 1 rings (SSSR count). The van der Waals surface area contributed by atoms with Crippen LogP contribution in [0.1, 0.15) is 31.1 Å². The topological polar surface area (TPSA) is 72.8 Å². The zero-order chi connectivity index (χ0) is 13.4. The Morgan fingerprint density at radius 2 is 1.89 bits per heavy atom. The minimum absolute atomic E-state index is 0.0436. The van der Waals surface area contributed by atoms with Crippen LogP contribution < -0.4 is 0 Å². The fourth-order valence-electron chi connectivity index (χ4n) is 1.42. The molecule has 0 aliphatic rings. The van der Waals surface area contributed by atoms with Crippen LogP contribution in [0.2, 0.25) is 0 Å². The zero-order valence-corrected chi connectivity index (χ0v) is 10.2. The number of ether oxygens (including phenoxy) is 2. The van der Waals surface area contributed by atoms with E-state index in [1.54, 1.807) is 12.1 Å². The summed E-state index contributed by atoms with van der Waals surface area (Å²) in [6, 6.07) is 9.07. The number of carboxylic acids is 1. The Balaban J connectivity index is 2.44. The molecule has 1 aromatic rings. The molecule has 0 bridgehead atoms. The van der Waals surface area contributed by atoms with Crippen molar-refractivity contribution in [3.8, 4) is 0 Å². The number of carbonyl (C=O) groups excluding carboxylic acids is 1. The summed E-state index contributed by atoms with van der Waals surface area (Å²) in [5.41, 5.74) is 0.742. The summed E-state index contributed by atoms with van der Waals surface area (Å²) in [6.45, 7) is 0. The van der Waals surface area contributed by atoms with Gasteiger partial charge < -0.3 is 14.6 Å². The number of carboxylic acid groups (broad SMARTS) is 1. The molecular weight excluding hydrogens is 236 g/mol. The van der Waals surface area contributed by atoms with E-state index in [-0.39, 0.29) is 19.3 Å². The molecule has 18 heavy (non-hydrogen) atoms. The lowest BCUT2D eigenvalue weighted by Crippen LogP contribution is -2.13. The van der Waals surface area contributed by atoms with E-state index >= 15 is 0 Å². The molecule has 0 spiro atoms. The van der Waals surface area contributed by atoms with Gasteiger partial charge in [-0.25, -0.2) is 0 Å². The Labute approximate surface area is 105 Å². The number of hydrogen-bond donors (Lipinski definition) is 1. The van der Waals surface area contributed by atoms with E-state index in [0.29, 0.717) is 0 Å². The highest BCUT2D eigenvalue weighted by atomic mass is 16.7. The minimum atomic E-state index is -0.922. The second-order valence-corrected chi connectivity index (χ2v) is 3.72. The Bertz CT molecular complexity index is 388. The molecule has 0 fully saturated rings. The summed E-state index contributed by atoms with van der Waals surface area (Å²) in [5, 5.41) is 8.46. The molecule has 0 amide bonds. The van der Waals surface area contributed by atoms with E-state index in [2.05, 4.69) is 0 Å². The Kier molecular flexibility index (Phi) is 5.87. The van der Waals surface area contributed by atoms with Gasteiger partial charge in [-0.1, -0.05) is 30.3 Å². The highest BCUT2D eigenvalue weighted by Gasteiger charge is 2.15. The molecule has 1 unspecified atom stereocenters. The summed E-state index contributed by atoms with van der Waals surface area (Å²) in [7, 11) is 1.45. The molecule has 0 aliphatic heterocycles. The SMILES string of the molecule is COC(OC(=O)CCCC(=O)O)c1ccccc1. The predicted octanol–water partition coefficient (Wildman–Crippen LogP) is 2.13. The summed E-state index contributed by atoms with van der Waals surface area (Å²) in [6.07, 6.45) is -0.459. The lowest BCUT2D eigenvalue weighted by atomic mass is 10.2. The van der Waals surface area contributed by atoms with Crippen molar-refractivity contribution in [2.75, 3.05) is 7.11 Å². The van der Waals surface area contributed by atoms with Crippen LogP contribution in [0.3, 0.4) is 0 Å². The van der Waals surface area contributed by atoms with Crippen LogP contribution in [0.15, 0.2) is 30.3 Å². The molecule has 1 aromatic carbocycles. The number of benzene rings is 1. The van der Waals surface area contributed by atoms with Crippen LogP contribution >= 0.6 is 0 Å². The third-order valence-corrected chi connectivity index (χ3v) is 2.30. The maximum Gasteiger partial charge on any atom is 0.308 e. The van der Waals surface area contributed by atoms with Crippen LogP contribution in [0.5, 0.6) is 0 Å². The van der Waals surface area contributed by atoms with E-state index < -0.39 is 18.2 Å². The first-order valence-electron chi connectivity index (χ1n) is 5.62. The van der Waals surface area contributed by atoms with Crippen molar-refractivity contribution >= 4 is 11.9 Å². The average molecular weight is 252 g/mol. The van der Waals surface area contributed by atoms with Gasteiger partial charge in [-0.2, -0.15) is 0 Å². The first kappa shape index (κ1) is 14.2. The number of esters is 1. The van der Waals surface area contributed by atoms with Crippen molar-refractivity contribution in [3.05, 3.63) is 35.9 Å². The van der Waals surface area contributed by atoms with E-state index in [9.17, 15) is 9.59 Å². The quantitative estimate of drug-likeness (QED) is 0.594. The fourth-order valence-corrected chi connectivity index (χ4v) is 1.42. The van der Waals surface area contributed by atoms with Gasteiger partial charge >= 0.3 is 11.9 Å². The second kappa shape index (κ2) is 7.45. The first-order chi connectivity index (χ1) is 8.63. The maximum absolute atomic E-state index is 11.5. The van der Waals surface area contributed by atoms with Crippen LogP contribution in [0, 0.1) is 0 Å². The third kappa shape index (κ3) is 4.97. The number of aliphatic carboxylic acids is 1. The Morgan fingerprint density at radius 3 is 2.44 bits per heavy atom. The van der Waals surface area contributed by atoms with E-state index in [4.69, 9.17) is 14.6 Å². The average Bonchev–Trinajstić information content (AvgIpc) is 2.36. The van der Waals surface area contributed by atoms with Crippen LogP contribution in [0.4, 0.5) is 0 Å². The fraction of sp³-hybridized carbons (Fsp3) is 0.385. The van der Waals surface area contributed by atoms with Gasteiger partial charge in [-0.15, -0.1) is 0 Å². The van der Waals surface area contributed by atoms with Gasteiger partial charge in [0.05, 0.1) is 0 Å².